The molecule has 22 heavy (non-hydrogen) atoms. The van der Waals surface area contributed by atoms with Crippen molar-refractivity contribution in [1.82, 2.24) is 10.3 Å². The molecule has 1 saturated heterocycles. The maximum Gasteiger partial charge on any atom is 0.313 e. The lowest BCUT2D eigenvalue weighted by molar-refractivity contribution is -0.156. The van der Waals surface area contributed by atoms with Crippen molar-refractivity contribution in [2.24, 2.45) is 5.41 Å². The summed E-state index contributed by atoms with van der Waals surface area (Å²) >= 11 is 0. The van der Waals surface area contributed by atoms with E-state index in [9.17, 15) is 9.90 Å². The molecule has 0 amide bonds. The normalized spacial score (nSPS) is 22.5. The van der Waals surface area contributed by atoms with Crippen molar-refractivity contribution in [3.63, 3.8) is 0 Å². The molecule has 0 spiro atoms. The minimum atomic E-state index is -0.798. The van der Waals surface area contributed by atoms with Crippen LogP contribution < -0.4 is 5.32 Å². The molecule has 1 aromatic rings. The highest BCUT2D eigenvalue weighted by molar-refractivity contribution is 5.75. The first-order valence-corrected chi connectivity index (χ1v) is 7.80. The lowest BCUT2D eigenvalue weighted by Crippen LogP contribution is -2.46. The zero-order valence-electron chi connectivity index (χ0n) is 13.7. The molecule has 1 aromatic heterocycles. The summed E-state index contributed by atoms with van der Waals surface area (Å²) in [5, 5.41) is 12.8. The van der Waals surface area contributed by atoms with Gasteiger partial charge in [-0.2, -0.15) is 0 Å². The maximum atomic E-state index is 11.6. The molecule has 1 aliphatic rings. The van der Waals surface area contributed by atoms with Gasteiger partial charge < -0.3 is 15.2 Å². The number of hydrogen-bond donors (Lipinski definition) is 2. The van der Waals surface area contributed by atoms with Gasteiger partial charge in [-0.3, -0.25) is 9.78 Å². The van der Waals surface area contributed by atoms with E-state index in [1.165, 1.54) is 5.56 Å². The van der Waals surface area contributed by atoms with Gasteiger partial charge in [0.2, 0.25) is 0 Å². The van der Waals surface area contributed by atoms with Crippen LogP contribution in [-0.2, 0) is 21.5 Å². The Bertz CT molecular complexity index is 517. The van der Waals surface area contributed by atoms with Crippen LogP contribution in [0.2, 0.25) is 0 Å². The summed E-state index contributed by atoms with van der Waals surface area (Å²) < 4.78 is 5.38. The number of carboxylic acids is 1. The Kier molecular flexibility index (Phi) is 5.19. The first-order chi connectivity index (χ1) is 10.3. The minimum Gasteiger partial charge on any atom is -0.481 e. The topological polar surface area (TPSA) is 71.5 Å². The van der Waals surface area contributed by atoms with Crippen LogP contribution >= 0.6 is 0 Å². The highest BCUT2D eigenvalue weighted by Gasteiger charge is 2.40. The number of pyridine rings is 1. The van der Waals surface area contributed by atoms with E-state index in [-0.39, 0.29) is 12.0 Å². The van der Waals surface area contributed by atoms with E-state index < -0.39 is 11.4 Å². The van der Waals surface area contributed by atoms with Crippen molar-refractivity contribution in [2.75, 3.05) is 19.8 Å². The number of rotatable bonds is 5. The number of aromatic nitrogens is 1. The predicted molar refractivity (Wildman–Crippen MR) is 84.8 cm³/mol. The molecule has 1 unspecified atom stereocenters. The average molecular weight is 306 g/mol. The van der Waals surface area contributed by atoms with Gasteiger partial charge in [0.05, 0.1) is 6.61 Å². The fourth-order valence-electron chi connectivity index (χ4n) is 2.68. The molecule has 2 N–H and O–H groups in total. The number of nitrogens with zero attached hydrogens (tertiary/aromatic N) is 1. The molecule has 2 rings (SSSR count). The zero-order valence-corrected chi connectivity index (χ0v) is 13.7. The molecular formula is C17H26N2O3. The fourth-order valence-corrected chi connectivity index (χ4v) is 2.68. The molecule has 0 aliphatic carbocycles. The molecule has 1 atom stereocenters. The summed E-state index contributed by atoms with van der Waals surface area (Å²) in [7, 11) is 0. The van der Waals surface area contributed by atoms with Gasteiger partial charge in [0.1, 0.15) is 5.41 Å². The molecule has 5 heteroatoms. The van der Waals surface area contributed by atoms with E-state index in [1.54, 1.807) is 0 Å². The molecule has 122 valence electrons. The first-order valence-electron chi connectivity index (χ1n) is 7.80. The Morgan fingerprint density at radius 1 is 1.45 bits per heavy atom. The molecule has 1 aliphatic heterocycles. The van der Waals surface area contributed by atoms with E-state index in [1.807, 2.05) is 12.4 Å². The molecule has 5 nitrogen and oxygen atoms in total. The Morgan fingerprint density at radius 2 is 2.23 bits per heavy atom. The van der Waals surface area contributed by atoms with Crippen LogP contribution in [0.25, 0.3) is 0 Å². The predicted octanol–water partition coefficient (Wildman–Crippen LogP) is 2.35. The summed E-state index contributed by atoms with van der Waals surface area (Å²) in [6, 6.07) is 2.13. The van der Waals surface area contributed by atoms with Crippen LogP contribution in [0, 0.1) is 5.41 Å². The van der Waals surface area contributed by atoms with Crippen LogP contribution in [0.15, 0.2) is 18.5 Å². The summed E-state index contributed by atoms with van der Waals surface area (Å²) in [4.78, 5) is 15.9. The second kappa shape index (κ2) is 6.75. The number of ether oxygens (including phenoxy) is 1. The SMILES string of the molecule is CC(C)(C)c1cncc(CNCC2(C(=O)O)CCCOC2)c1. The molecule has 2 heterocycles. The third-order valence-electron chi connectivity index (χ3n) is 4.23. The largest absolute Gasteiger partial charge is 0.481 e. The van der Waals surface area contributed by atoms with Crippen LogP contribution in [0.5, 0.6) is 0 Å². The second-order valence-electron chi connectivity index (χ2n) is 7.18. The van der Waals surface area contributed by atoms with Crippen molar-refractivity contribution in [3.8, 4) is 0 Å². The van der Waals surface area contributed by atoms with Crippen molar-refractivity contribution < 1.29 is 14.6 Å². The number of aliphatic carboxylic acids is 1. The monoisotopic (exact) mass is 306 g/mol. The third-order valence-corrected chi connectivity index (χ3v) is 4.23. The summed E-state index contributed by atoms with van der Waals surface area (Å²) in [6.07, 6.45) is 5.18. The number of nitrogens with one attached hydrogen (secondary N) is 1. The zero-order chi connectivity index (χ0) is 16.2. The van der Waals surface area contributed by atoms with Crippen LogP contribution in [-0.4, -0.2) is 35.8 Å². The van der Waals surface area contributed by atoms with Crippen molar-refractivity contribution in [3.05, 3.63) is 29.6 Å². The lowest BCUT2D eigenvalue weighted by atomic mass is 9.82. The quantitative estimate of drug-likeness (QED) is 0.874. The van der Waals surface area contributed by atoms with E-state index in [0.717, 1.165) is 12.0 Å². The van der Waals surface area contributed by atoms with Crippen LogP contribution in [0.3, 0.4) is 0 Å². The summed E-state index contributed by atoms with van der Waals surface area (Å²) in [5.41, 5.74) is 1.51. The highest BCUT2D eigenvalue weighted by Crippen LogP contribution is 2.28. The van der Waals surface area contributed by atoms with Gasteiger partial charge in [0.25, 0.3) is 0 Å². The Morgan fingerprint density at radius 3 is 2.82 bits per heavy atom. The van der Waals surface area contributed by atoms with Gasteiger partial charge in [-0.15, -0.1) is 0 Å². The second-order valence-corrected chi connectivity index (χ2v) is 7.18. The molecule has 0 aromatic carbocycles. The van der Waals surface area contributed by atoms with E-state index in [2.05, 4.69) is 37.1 Å². The number of carboxylic acid groups (broad SMARTS) is 1. The summed E-state index contributed by atoms with van der Waals surface area (Å²) in [5.74, 6) is -0.777. The van der Waals surface area contributed by atoms with Crippen LogP contribution in [0.1, 0.15) is 44.7 Å². The number of carbonyl (C=O) groups is 1. The maximum absolute atomic E-state index is 11.6. The smallest absolute Gasteiger partial charge is 0.313 e. The van der Waals surface area contributed by atoms with Crippen LogP contribution in [0.4, 0.5) is 0 Å². The van der Waals surface area contributed by atoms with Gasteiger partial charge >= 0.3 is 5.97 Å². The Balaban J connectivity index is 1.97. The lowest BCUT2D eigenvalue weighted by Gasteiger charge is -2.33. The van der Waals surface area contributed by atoms with Crippen molar-refractivity contribution in [2.45, 2.75) is 45.6 Å². The van der Waals surface area contributed by atoms with Gasteiger partial charge in [-0.1, -0.05) is 26.8 Å². The van der Waals surface area contributed by atoms with Gasteiger partial charge in [-0.25, -0.2) is 0 Å². The highest BCUT2D eigenvalue weighted by atomic mass is 16.5. The minimum absolute atomic E-state index is 0.0580. The molecular weight excluding hydrogens is 280 g/mol. The van der Waals surface area contributed by atoms with Gasteiger partial charge in [0.15, 0.2) is 0 Å². The molecule has 1 fully saturated rings. The van der Waals surface area contributed by atoms with Crippen molar-refractivity contribution in [1.29, 1.82) is 0 Å². The van der Waals surface area contributed by atoms with E-state index >= 15 is 0 Å². The molecule has 0 saturated carbocycles. The molecule has 0 radical (unpaired) electrons. The van der Waals surface area contributed by atoms with Gasteiger partial charge in [-0.05, 0) is 29.4 Å². The third kappa shape index (κ3) is 4.05. The van der Waals surface area contributed by atoms with Crippen molar-refractivity contribution >= 4 is 5.97 Å². The van der Waals surface area contributed by atoms with Gasteiger partial charge in [0, 0.05) is 32.1 Å². The average Bonchev–Trinajstić information content (AvgIpc) is 2.47. The first kappa shape index (κ1) is 16.9. The fraction of sp³-hybridized carbons (Fsp3) is 0.647. The summed E-state index contributed by atoms with van der Waals surface area (Å²) in [6.45, 7) is 8.44. The number of hydrogen-bond acceptors (Lipinski definition) is 4. The standard InChI is InChI=1S/C17H26N2O3/c1-16(2,3)14-7-13(8-18-10-14)9-19-11-17(15(20)21)5-4-6-22-12-17/h7-8,10,19H,4-6,9,11-12H2,1-3H3,(H,20,21). The molecule has 0 bridgehead atoms. The van der Waals surface area contributed by atoms with E-state index in [0.29, 0.717) is 26.1 Å². The Hall–Kier alpha value is -1.46. The Labute approximate surface area is 132 Å². The van der Waals surface area contributed by atoms with E-state index in [4.69, 9.17) is 4.74 Å².